The lowest BCUT2D eigenvalue weighted by molar-refractivity contribution is -0.149. The van der Waals surface area contributed by atoms with Crippen molar-refractivity contribution in [3.63, 3.8) is 0 Å². The maximum Gasteiger partial charge on any atom is 0.253 e. The predicted octanol–water partition coefficient (Wildman–Crippen LogP) is 2.06. The molecule has 1 aromatic rings. The molecule has 2 heterocycles. The van der Waals surface area contributed by atoms with Crippen molar-refractivity contribution in [1.82, 2.24) is 15.1 Å². The van der Waals surface area contributed by atoms with E-state index in [1.807, 2.05) is 4.90 Å². The van der Waals surface area contributed by atoms with Crippen molar-refractivity contribution in [1.29, 1.82) is 0 Å². The number of ether oxygens (including phenoxy) is 1. The molecule has 1 N–H and O–H groups in total. The van der Waals surface area contributed by atoms with E-state index in [4.69, 9.17) is 16.3 Å². The van der Waals surface area contributed by atoms with E-state index < -0.39 is 5.41 Å². The maximum absolute atomic E-state index is 13.1. The van der Waals surface area contributed by atoms with Crippen LogP contribution in [0.4, 0.5) is 0 Å². The number of piperidine rings is 1. The molecule has 0 atom stereocenters. The quantitative estimate of drug-likeness (QED) is 0.817. The number of amides is 2. The zero-order valence-electron chi connectivity index (χ0n) is 15.6. The number of carbonyl (C=O) groups is 2. The van der Waals surface area contributed by atoms with Crippen LogP contribution in [0.3, 0.4) is 0 Å². The van der Waals surface area contributed by atoms with Crippen LogP contribution in [0.25, 0.3) is 0 Å². The van der Waals surface area contributed by atoms with Crippen LogP contribution in [0.2, 0.25) is 5.02 Å². The van der Waals surface area contributed by atoms with Gasteiger partial charge in [-0.2, -0.15) is 0 Å². The molecule has 6 nitrogen and oxygen atoms in total. The van der Waals surface area contributed by atoms with Gasteiger partial charge in [0.2, 0.25) is 5.91 Å². The molecular weight excluding hydrogens is 389 g/mol. The molecule has 0 aliphatic carbocycles. The molecular formula is C19H27Cl2N3O3. The van der Waals surface area contributed by atoms with E-state index in [2.05, 4.69) is 5.32 Å². The van der Waals surface area contributed by atoms with Gasteiger partial charge in [-0.05, 0) is 50.2 Å². The molecule has 3 rings (SSSR count). The SMILES string of the molecule is COCC1(C(=O)N2CCN(C(=O)c3ccc(Cl)cc3)CC2)CCNCC1.Cl. The smallest absolute Gasteiger partial charge is 0.253 e. The van der Waals surface area contributed by atoms with E-state index in [-0.39, 0.29) is 24.2 Å². The molecule has 0 spiro atoms. The fraction of sp³-hybridized carbons (Fsp3) is 0.579. The van der Waals surface area contributed by atoms with Gasteiger partial charge in [0.25, 0.3) is 5.91 Å². The van der Waals surface area contributed by atoms with Gasteiger partial charge in [0.05, 0.1) is 12.0 Å². The van der Waals surface area contributed by atoms with E-state index in [9.17, 15) is 9.59 Å². The van der Waals surface area contributed by atoms with Crippen molar-refractivity contribution in [3.8, 4) is 0 Å². The summed E-state index contributed by atoms with van der Waals surface area (Å²) < 4.78 is 5.37. The molecule has 2 aliphatic heterocycles. The van der Waals surface area contributed by atoms with Crippen LogP contribution in [0.15, 0.2) is 24.3 Å². The molecule has 0 saturated carbocycles. The Kier molecular flexibility index (Phi) is 7.91. The van der Waals surface area contributed by atoms with Crippen LogP contribution in [0.5, 0.6) is 0 Å². The first-order chi connectivity index (χ1) is 12.6. The number of nitrogens with zero attached hydrogens (tertiary/aromatic N) is 2. The molecule has 0 aromatic heterocycles. The van der Waals surface area contributed by atoms with Gasteiger partial charge in [-0.3, -0.25) is 9.59 Å². The van der Waals surface area contributed by atoms with E-state index in [0.717, 1.165) is 25.9 Å². The Balaban J connectivity index is 0.00000261. The Labute approximate surface area is 171 Å². The first-order valence-electron chi connectivity index (χ1n) is 9.10. The van der Waals surface area contributed by atoms with Crippen LogP contribution < -0.4 is 5.32 Å². The molecule has 2 saturated heterocycles. The first-order valence-corrected chi connectivity index (χ1v) is 9.47. The monoisotopic (exact) mass is 415 g/mol. The molecule has 150 valence electrons. The second-order valence-electron chi connectivity index (χ2n) is 7.05. The van der Waals surface area contributed by atoms with Gasteiger partial charge in [0.1, 0.15) is 0 Å². The van der Waals surface area contributed by atoms with Crippen molar-refractivity contribution in [2.45, 2.75) is 12.8 Å². The van der Waals surface area contributed by atoms with E-state index >= 15 is 0 Å². The van der Waals surface area contributed by atoms with E-state index in [1.54, 1.807) is 36.3 Å². The van der Waals surface area contributed by atoms with Gasteiger partial charge in [-0.15, -0.1) is 12.4 Å². The van der Waals surface area contributed by atoms with Gasteiger partial charge in [0, 0.05) is 43.9 Å². The fourth-order valence-corrected chi connectivity index (χ4v) is 3.95. The average Bonchev–Trinajstić information content (AvgIpc) is 2.68. The van der Waals surface area contributed by atoms with Crippen molar-refractivity contribution in [3.05, 3.63) is 34.9 Å². The van der Waals surface area contributed by atoms with Crippen molar-refractivity contribution in [2.24, 2.45) is 5.41 Å². The summed E-state index contributed by atoms with van der Waals surface area (Å²) in [5, 5.41) is 3.92. The molecule has 1 aromatic carbocycles. The molecule has 2 fully saturated rings. The van der Waals surface area contributed by atoms with Gasteiger partial charge in [0.15, 0.2) is 0 Å². The van der Waals surface area contributed by atoms with Gasteiger partial charge < -0.3 is 19.9 Å². The minimum atomic E-state index is -0.428. The number of hydrogen-bond acceptors (Lipinski definition) is 4. The number of carbonyl (C=O) groups excluding carboxylic acids is 2. The number of piperazine rings is 1. The molecule has 0 unspecified atom stereocenters. The van der Waals surface area contributed by atoms with E-state index in [0.29, 0.717) is 43.4 Å². The fourth-order valence-electron chi connectivity index (χ4n) is 3.82. The minimum Gasteiger partial charge on any atom is -0.384 e. The summed E-state index contributed by atoms with van der Waals surface area (Å²) >= 11 is 5.88. The van der Waals surface area contributed by atoms with Crippen LogP contribution in [0.1, 0.15) is 23.2 Å². The molecule has 0 radical (unpaired) electrons. The maximum atomic E-state index is 13.1. The van der Waals surface area contributed by atoms with Gasteiger partial charge >= 0.3 is 0 Å². The minimum absolute atomic E-state index is 0. The number of halogens is 2. The zero-order chi connectivity index (χ0) is 18.6. The number of nitrogens with one attached hydrogen (secondary N) is 1. The van der Waals surface area contributed by atoms with Gasteiger partial charge in [-0.1, -0.05) is 11.6 Å². The Morgan fingerprint density at radius 2 is 1.63 bits per heavy atom. The Morgan fingerprint density at radius 3 is 2.19 bits per heavy atom. The standard InChI is InChI=1S/C19H26ClN3O3.ClH/c1-26-14-19(6-8-21-9-7-19)18(25)23-12-10-22(11-13-23)17(24)15-2-4-16(20)5-3-15;/h2-5,21H,6-14H2,1H3;1H. The highest BCUT2D eigenvalue weighted by molar-refractivity contribution is 6.30. The van der Waals surface area contributed by atoms with E-state index in [1.165, 1.54) is 0 Å². The molecule has 2 amide bonds. The number of methoxy groups -OCH3 is 1. The number of benzene rings is 1. The lowest BCUT2D eigenvalue weighted by Gasteiger charge is -2.42. The molecule has 0 bridgehead atoms. The van der Waals surface area contributed by atoms with Crippen LogP contribution >= 0.6 is 24.0 Å². The van der Waals surface area contributed by atoms with Crippen LogP contribution in [-0.2, 0) is 9.53 Å². The van der Waals surface area contributed by atoms with Gasteiger partial charge in [-0.25, -0.2) is 0 Å². The normalized spacial score (nSPS) is 19.3. The summed E-state index contributed by atoms with van der Waals surface area (Å²) in [5.74, 6) is 0.154. The van der Waals surface area contributed by atoms with Crippen molar-refractivity contribution >= 4 is 35.8 Å². The Bertz CT molecular complexity index is 635. The first kappa shape index (κ1) is 22.0. The van der Waals surface area contributed by atoms with Crippen LogP contribution in [0, 0.1) is 5.41 Å². The average molecular weight is 416 g/mol. The summed E-state index contributed by atoms with van der Waals surface area (Å²) in [7, 11) is 1.65. The molecule has 27 heavy (non-hydrogen) atoms. The van der Waals surface area contributed by atoms with Crippen molar-refractivity contribution in [2.75, 3.05) is 53.0 Å². The van der Waals surface area contributed by atoms with Crippen molar-refractivity contribution < 1.29 is 14.3 Å². The number of hydrogen-bond donors (Lipinski definition) is 1. The third kappa shape index (κ3) is 4.93. The highest BCUT2D eigenvalue weighted by Crippen LogP contribution is 2.32. The summed E-state index contributed by atoms with van der Waals surface area (Å²) in [6.45, 7) is 4.36. The predicted molar refractivity (Wildman–Crippen MR) is 108 cm³/mol. The molecule has 2 aliphatic rings. The number of rotatable bonds is 4. The highest BCUT2D eigenvalue weighted by atomic mass is 35.5. The summed E-state index contributed by atoms with van der Waals surface area (Å²) in [6, 6.07) is 6.93. The zero-order valence-corrected chi connectivity index (χ0v) is 17.2. The largest absolute Gasteiger partial charge is 0.384 e. The third-order valence-electron chi connectivity index (χ3n) is 5.38. The summed E-state index contributed by atoms with van der Waals surface area (Å²) in [6.07, 6.45) is 1.59. The lowest BCUT2D eigenvalue weighted by Crippen LogP contribution is -2.57. The molecule has 8 heteroatoms. The lowest BCUT2D eigenvalue weighted by atomic mass is 9.78. The second kappa shape index (κ2) is 9.73. The Hall–Kier alpha value is -1.34. The topological polar surface area (TPSA) is 61.9 Å². The second-order valence-corrected chi connectivity index (χ2v) is 7.49. The summed E-state index contributed by atoms with van der Waals surface area (Å²) in [5.41, 5.74) is 0.200. The van der Waals surface area contributed by atoms with Crippen LogP contribution in [-0.4, -0.2) is 74.6 Å². The highest BCUT2D eigenvalue weighted by Gasteiger charge is 2.43. The summed E-state index contributed by atoms with van der Waals surface area (Å²) in [4.78, 5) is 29.5. The Morgan fingerprint density at radius 1 is 1.07 bits per heavy atom. The third-order valence-corrected chi connectivity index (χ3v) is 5.63.